The van der Waals surface area contributed by atoms with Crippen LogP contribution in [0.3, 0.4) is 0 Å². The largest absolute Gasteiger partial charge is 0.496 e. The first-order valence-corrected chi connectivity index (χ1v) is 11.4. The highest BCUT2D eigenvalue weighted by Gasteiger charge is 2.44. The van der Waals surface area contributed by atoms with Crippen molar-refractivity contribution in [1.82, 2.24) is 10.2 Å². The van der Waals surface area contributed by atoms with Gasteiger partial charge >= 0.3 is 0 Å². The third-order valence-corrected chi connectivity index (χ3v) is 7.70. The lowest BCUT2D eigenvalue weighted by molar-refractivity contribution is 0.0225. The Hall–Kier alpha value is -2.65. The van der Waals surface area contributed by atoms with Crippen molar-refractivity contribution in [3.05, 3.63) is 35.2 Å². The zero-order valence-electron chi connectivity index (χ0n) is 16.7. The molecule has 1 spiro atoms. The summed E-state index contributed by atoms with van der Waals surface area (Å²) in [7, 11) is 3.14. The van der Waals surface area contributed by atoms with E-state index >= 15 is 0 Å². The van der Waals surface area contributed by atoms with E-state index in [2.05, 4.69) is 21.2 Å². The Balaban J connectivity index is 1.35. The molecule has 0 aliphatic carbocycles. The molecule has 4 heterocycles. The molecule has 0 unspecified atom stereocenters. The number of hydrogen-bond acceptors (Lipinski definition) is 9. The van der Waals surface area contributed by atoms with E-state index in [4.69, 9.17) is 14.2 Å². The number of anilines is 1. The van der Waals surface area contributed by atoms with E-state index in [0.717, 1.165) is 40.9 Å². The minimum Gasteiger partial charge on any atom is -0.496 e. The molecule has 1 fully saturated rings. The minimum atomic E-state index is -0.501. The summed E-state index contributed by atoms with van der Waals surface area (Å²) in [4.78, 5) is 16.4. The highest BCUT2D eigenvalue weighted by Crippen LogP contribution is 2.45. The van der Waals surface area contributed by atoms with Gasteiger partial charge in [-0.1, -0.05) is 17.4 Å². The Morgan fingerprint density at radius 2 is 2.00 bits per heavy atom. The fraction of sp³-hybridized carbons (Fsp3) is 0.381. The van der Waals surface area contributed by atoms with Crippen molar-refractivity contribution < 1.29 is 19.0 Å². The number of hydrogen-bond donors (Lipinski definition) is 0. The zero-order chi connectivity index (χ0) is 20.7. The summed E-state index contributed by atoms with van der Waals surface area (Å²) in [5.41, 5.74) is 0.00948. The van der Waals surface area contributed by atoms with Crippen LogP contribution in [-0.2, 0) is 0 Å². The number of piperidine rings is 1. The van der Waals surface area contributed by atoms with Gasteiger partial charge in [0.15, 0.2) is 10.8 Å². The van der Waals surface area contributed by atoms with E-state index in [9.17, 15) is 4.79 Å². The fourth-order valence-electron chi connectivity index (χ4n) is 4.08. The van der Waals surface area contributed by atoms with Crippen LogP contribution in [0.4, 0.5) is 5.13 Å². The van der Waals surface area contributed by atoms with Crippen LogP contribution in [0.5, 0.6) is 17.2 Å². The monoisotopic (exact) mass is 443 g/mol. The Kier molecular flexibility index (Phi) is 4.86. The molecule has 2 aliphatic heterocycles. The quantitative estimate of drug-likeness (QED) is 0.596. The van der Waals surface area contributed by atoms with Gasteiger partial charge in [-0.05, 0) is 11.4 Å². The predicted octanol–water partition coefficient (Wildman–Crippen LogP) is 4.29. The third kappa shape index (κ3) is 3.31. The molecule has 5 rings (SSSR count). The molecule has 2 aliphatic rings. The first-order chi connectivity index (χ1) is 14.6. The van der Waals surface area contributed by atoms with Crippen molar-refractivity contribution in [3.8, 4) is 27.1 Å². The average Bonchev–Trinajstić information content (AvgIpc) is 3.45. The van der Waals surface area contributed by atoms with Crippen molar-refractivity contribution in [3.63, 3.8) is 0 Å². The van der Waals surface area contributed by atoms with Gasteiger partial charge in [0.1, 0.15) is 28.4 Å². The number of Topliss-reactive ketones (excluding diaryl/α,β-unsaturated/α-hetero) is 1. The highest BCUT2D eigenvalue weighted by atomic mass is 32.1. The molecule has 30 heavy (non-hydrogen) atoms. The number of ketones is 1. The second-order valence-electron chi connectivity index (χ2n) is 7.44. The summed E-state index contributed by atoms with van der Waals surface area (Å²) in [6.07, 6.45) is 1.84. The molecule has 0 N–H and O–H groups in total. The van der Waals surface area contributed by atoms with Crippen LogP contribution in [0.1, 0.15) is 29.6 Å². The van der Waals surface area contributed by atoms with Gasteiger partial charge in [0.25, 0.3) is 0 Å². The molecule has 1 saturated heterocycles. The molecule has 156 valence electrons. The van der Waals surface area contributed by atoms with Crippen molar-refractivity contribution in [1.29, 1.82) is 0 Å². The average molecular weight is 444 g/mol. The molecule has 7 nitrogen and oxygen atoms in total. The standard InChI is InChI=1S/C21H21N3O4S2/c1-26-13-10-15(27-2)18-14(25)12-21(28-16(18)11-13)5-7-24(8-6-21)20-23-22-19(30-20)17-4-3-9-29-17/h3-4,9-11H,5-8,12H2,1-2H3. The van der Waals surface area contributed by atoms with Gasteiger partial charge in [0, 0.05) is 38.1 Å². The van der Waals surface area contributed by atoms with Crippen LogP contribution in [0.2, 0.25) is 0 Å². The van der Waals surface area contributed by atoms with Crippen molar-refractivity contribution in [2.45, 2.75) is 24.9 Å². The molecule has 0 radical (unpaired) electrons. The lowest BCUT2D eigenvalue weighted by Crippen LogP contribution is -2.51. The van der Waals surface area contributed by atoms with Gasteiger partial charge in [-0.3, -0.25) is 4.79 Å². The zero-order valence-corrected chi connectivity index (χ0v) is 18.3. The fourth-order valence-corrected chi connectivity index (χ4v) is 5.77. The van der Waals surface area contributed by atoms with Crippen LogP contribution >= 0.6 is 22.7 Å². The number of fused-ring (bicyclic) bond motifs is 1. The van der Waals surface area contributed by atoms with Gasteiger partial charge in [-0.15, -0.1) is 21.5 Å². The number of ether oxygens (including phenoxy) is 3. The summed E-state index contributed by atoms with van der Waals surface area (Å²) in [5, 5.41) is 12.6. The number of benzene rings is 1. The molecule has 3 aromatic rings. The third-order valence-electron chi connectivity index (χ3n) is 5.67. The first-order valence-electron chi connectivity index (χ1n) is 9.71. The van der Waals surface area contributed by atoms with Gasteiger partial charge in [0.05, 0.1) is 25.5 Å². The Bertz CT molecular complexity index is 1070. The van der Waals surface area contributed by atoms with E-state index in [1.54, 1.807) is 49.0 Å². The van der Waals surface area contributed by atoms with E-state index in [0.29, 0.717) is 29.2 Å². The molecular formula is C21H21N3O4S2. The van der Waals surface area contributed by atoms with Crippen LogP contribution in [0, 0.1) is 0 Å². The lowest BCUT2D eigenvalue weighted by Gasteiger charge is -2.44. The highest BCUT2D eigenvalue weighted by molar-refractivity contribution is 7.22. The Morgan fingerprint density at radius 3 is 2.70 bits per heavy atom. The van der Waals surface area contributed by atoms with Gasteiger partial charge in [0.2, 0.25) is 5.13 Å². The van der Waals surface area contributed by atoms with Gasteiger partial charge < -0.3 is 19.1 Å². The second-order valence-corrected chi connectivity index (χ2v) is 9.35. The van der Waals surface area contributed by atoms with Crippen LogP contribution in [-0.4, -0.2) is 48.9 Å². The molecule has 0 bridgehead atoms. The summed E-state index contributed by atoms with van der Waals surface area (Å²) in [6.45, 7) is 1.53. The Morgan fingerprint density at radius 1 is 1.17 bits per heavy atom. The smallest absolute Gasteiger partial charge is 0.208 e. The second kappa shape index (κ2) is 7.55. The number of methoxy groups -OCH3 is 2. The predicted molar refractivity (Wildman–Crippen MR) is 117 cm³/mol. The van der Waals surface area contributed by atoms with E-state index in [-0.39, 0.29) is 5.78 Å². The molecular weight excluding hydrogens is 422 g/mol. The number of aromatic nitrogens is 2. The summed E-state index contributed by atoms with van der Waals surface area (Å²) in [5.74, 6) is 1.71. The van der Waals surface area contributed by atoms with E-state index in [1.165, 1.54) is 0 Å². The molecule has 9 heteroatoms. The molecule has 1 aromatic carbocycles. The maximum atomic E-state index is 13.0. The first kappa shape index (κ1) is 19.3. The van der Waals surface area contributed by atoms with Gasteiger partial charge in [-0.2, -0.15) is 0 Å². The van der Waals surface area contributed by atoms with Gasteiger partial charge in [-0.25, -0.2) is 0 Å². The summed E-state index contributed by atoms with van der Waals surface area (Å²) in [6, 6.07) is 7.58. The normalized spacial score (nSPS) is 17.5. The minimum absolute atomic E-state index is 0.0556. The number of nitrogens with zero attached hydrogens (tertiary/aromatic N) is 3. The molecule has 0 saturated carbocycles. The topological polar surface area (TPSA) is 73.8 Å². The molecule has 0 amide bonds. The number of carbonyl (C=O) groups is 1. The molecule has 2 aromatic heterocycles. The molecule has 0 atom stereocenters. The van der Waals surface area contributed by atoms with Crippen molar-refractivity contribution in [2.75, 3.05) is 32.2 Å². The Labute approximate surface area is 182 Å². The maximum Gasteiger partial charge on any atom is 0.208 e. The summed E-state index contributed by atoms with van der Waals surface area (Å²) >= 11 is 3.27. The number of rotatable bonds is 4. The number of thiophene rings is 1. The van der Waals surface area contributed by atoms with Crippen LogP contribution in [0.15, 0.2) is 29.6 Å². The van der Waals surface area contributed by atoms with Crippen LogP contribution < -0.4 is 19.1 Å². The van der Waals surface area contributed by atoms with Crippen LogP contribution in [0.25, 0.3) is 9.88 Å². The van der Waals surface area contributed by atoms with E-state index in [1.807, 2.05) is 11.4 Å². The lowest BCUT2D eigenvalue weighted by atomic mass is 9.82. The van der Waals surface area contributed by atoms with Crippen molar-refractivity contribution in [2.24, 2.45) is 0 Å². The van der Waals surface area contributed by atoms with Crippen molar-refractivity contribution >= 4 is 33.6 Å². The summed E-state index contributed by atoms with van der Waals surface area (Å²) < 4.78 is 17.2. The SMILES string of the molecule is COc1cc(OC)c2c(c1)OC1(CCN(c3nnc(-c4cccs4)s3)CC1)CC2=O. The van der Waals surface area contributed by atoms with E-state index < -0.39 is 5.60 Å². The maximum absolute atomic E-state index is 13.0. The number of carbonyl (C=O) groups excluding carboxylic acids is 1.